The van der Waals surface area contributed by atoms with Crippen LogP contribution in [0.1, 0.15) is 90.0 Å². The third-order valence-corrected chi connectivity index (χ3v) is 8.98. The Kier molecular flexibility index (Phi) is 9.08. The number of hydrogen-bond acceptors (Lipinski definition) is 4. The van der Waals surface area contributed by atoms with Gasteiger partial charge < -0.3 is 20.1 Å². The van der Waals surface area contributed by atoms with Crippen LogP contribution in [0.4, 0.5) is 8.78 Å². The summed E-state index contributed by atoms with van der Waals surface area (Å²) in [6, 6.07) is 13.2. The van der Waals surface area contributed by atoms with Crippen LogP contribution >= 0.6 is 0 Å². The fourth-order valence-electron chi connectivity index (χ4n) is 6.93. The van der Waals surface area contributed by atoms with Crippen molar-refractivity contribution in [1.29, 1.82) is 0 Å². The van der Waals surface area contributed by atoms with Gasteiger partial charge in [0.15, 0.2) is 0 Å². The molecule has 42 heavy (non-hydrogen) atoms. The highest BCUT2D eigenvalue weighted by Gasteiger charge is 2.59. The number of benzene rings is 2. The van der Waals surface area contributed by atoms with E-state index in [4.69, 9.17) is 4.74 Å². The molecule has 1 saturated heterocycles. The maximum atomic E-state index is 14.5. The second-order valence-electron chi connectivity index (χ2n) is 14.1. The summed E-state index contributed by atoms with van der Waals surface area (Å²) in [5, 5.41) is 14.3. The van der Waals surface area contributed by atoms with Crippen LogP contribution in [0.15, 0.2) is 48.5 Å². The number of amides is 1. The largest absolute Gasteiger partial charge is 0.496 e. The molecule has 0 aromatic heterocycles. The number of carboxylic acid groups (broad SMARTS) is 1. The van der Waals surface area contributed by atoms with E-state index in [1.165, 1.54) is 4.90 Å². The summed E-state index contributed by atoms with van der Waals surface area (Å²) in [6.07, 6.45) is -0.232. The number of alkyl halides is 2. The van der Waals surface area contributed by atoms with Gasteiger partial charge in [0.05, 0.1) is 13.2 Å². The lowest BCUT2D eigenvalue weighted by Gasteiger charge is -2.37. The molecule has 2 N–H and O–H groups in total. The molecule has 2 fully saturated rings. The third kappa shape index (κ3) is 6.64. The summed E-state index contributed by atoms with van der Waals surface area (Å²) in [4.78, 5) is 28.7. The Morgan fingerprint density at radius 3 is 2.29 bits per heavy atom. The first-order valence-electron chi connectivity index (χ1n) is 14.9. The zero-order chi connectivity index (χ0) is 31.0. The lowest BCUT2D eigenvalue weighted by molar-refractivity contribution is -0.157. The van der Waals surface area contributed by atoms with E-state index >= 15 is 0 Å². The molecule has 0 bridgehead atoms. The number of ether oxygens (including phenoxy) is 1. The number of carboxylic acids is 1. The van der Waals surface area contributed by atoms with E-state index in [0.29, 0.717) is 18.7 Å². The first-order valence-corrected chi connectivity index (χ1v) is 14.9. The van der Waals surface area contributed by atoms with Crippen LogP contribution in [-0.4, -0.2) is 47.0 Å². The van der Waals surface area contributed by atoms with E-state index in [1.54, 1.807) is 7.11 Å². The molecule has 230 valence electrons. The van der Waals surface area contributed by atoms with Gasteiger partial charge >= 0.3 is 5.97 Å². The van der Waals surface area contributed by atoms with Crippen molar-refractivity contribution in [2.24, 2.45) is 17.3 Å². The lowest BCUT2D eigenvalue weighted by Crippen LogP contribution is -2.50. The van der Waals surface area contributed by atoms with E-state index < -0.39 is 59.6 Å². The van der Waals surface area contributed by atoms with Gasteiger partial charge in [-0.1, -0.05) is 84.0 Å². The molecule has 0 radical (unpaired) electrons. The van der Waals surface area contributed by atoms with Crippen molar-refractivity contribution in [3.8, 4) is 5.75 Å². The quantitative estimate of drug-likeness (QED) is 0.367. The van der Waals surface area contributed by atoms with Crippen LogP contribution in [0.25, 0.3) is 0 Å². The predicted octanol–water partition coefficient (Wildman–Crippen LogP) is 6.98. The zero-order valence-corrected chi connectivity index (χ0v) is 25.9. The molecule has 4 rings (SSSR count). The van der Waals surface area contributed by atoms with Crippen LogP contribution in [-0.2, 0) is 21.5 Å². The minimum atomic E-state index is -2.94. The van der Waals surface area contributed by atoms with Crippen molar-refractivity contribution in [3.05, 3.63) is 65.2 Å². The SMILES string of the molecule is COc1ccc(C(C)(C)C)cc1CN[C@H]1[C@H](C(C)(C)C)[C@@H](C(=O)O)N(C(=O)[C@@H]2CCCC(F)(F)C2)[C@H]1c1ccccc1. The van der Waals surface area contributed by atoms with Gasteiger partial charge in [-0.15, -0.1) is 0 Å². The number of likely N-dealkylation sites (tertiary alicyclic amines) is 1. The van der Waals surface area contributed by atoms with Gasteiger partial charge in [0.2, 0.25) is 11.8 Å². The molecule has 2 aliphatic rings. The molecule has 6 nitrogen and oxygen atoms in total. The summed E-state index contributed by atoms with van der Waals surface area (Å²) in [5.74, 6) is -5.28. The molecule has 8 heteroatoms. The monoisotopic (exact) mass is 584 g/mol. The van der Waals surface area contributed by atoms with Gasteiger partial charge in [-0.05, 0) is 40.9 Å². The number of nitrogens with one attached hydrogen (secondary N) is 1. The fraction of sp³-hybridized carbons (Fsp3) is 0.588. The van der Waals surface area contributed by atoms with Crippen molar-refractivity contribution in [1.82, 2.24) is 10.2 Å². The summed E-state index contributed by atoms with van der Waals surface area (Å²) in [7, 11) is 1.62. The highest BCUT2D eigenvalue weighted by Crippen LogP contribution is 2.50. The Hall–Kier alpha value is -3.00. The van der Waals surface area contributed by atoms with Crippen LogP contribution in [0.5, 0.6) is 5.75 Å². The van der Waals surface area contributed by atoms with Crippen LogP contribution in [0, 0.1) is 17.3 Å². The molecule has 1 heterocycles. The molecule has 1 aliphatic heterocycles. The highest BCUT2D eigenvalue weighted by atomic mass is 19.3. The molecule has 2 aromatic carbocycles. The minimum absolute atomic E-state index is 0.0887. The Balaban J connectivity index is 1.82. The Morgan fingerprint density at radius 1 is 1.07 bits per heavy atom. The highest BCUT2D eigenvalue weighted by molar-refractivity contribution is 5.87. The first-order chi connectivity index (χ1) is 19.5. The topological polar surface area (TPSA) is 78.9 Å². The Labute approximate surface area is 248 Å². The average molecular weight is 585 g/mol. The number of nitrogens with zero attached hydrogens (tertiary/aromatic N) is 1. The number of carbonyl (C=O) groups is 2. The van der Waals surface area contributed by atoms with Gasteiger partial charge in [-0.25, -0.2) is 13.6 Å². The van der Waals surface area contributed by atoms with Crippen molar-refractivity contribution in [3.63, 3.8) is 0 Å². The predicted molar refractivity (Wildman–Crippen MR) is 160 cm³/mol. The molecule has 1 aliphatic carbocycles. The average Bonchev–Trinajstić information content (AvgIpc) is 3.26. The molecule has 2 aromatic rings. The molecular formula is C34H46F2N2O4. The van der Waals surface area contributed by atoms with Crippen molar-refractivity contribution in [2.45, 2.75) is 103 Å². The molecule has 5 atom stereocenters. The number of aliphatic carboxylic acids is 1. The van der Waals surface area contributed by atoms with Crippen molar-refractivity contribution >= 4 is 11.9 Å². The third-order valence-electron chi connectivity index (χ3n) is 8.98. The molecule has 1 saturated carbocycles. The molecular weight excluding hydrogens is 538 g/mol. The Morgan fingerprint density at radius 2 is 1.74 bits per heavy atom. The zero-order valence-electron chi connectivity index (χ0n) is 25.9. The van der Waals surface area contributed by atoms with Gasteiger partial charge in [0.1, 0.15) is 11.8 Å². The van der Waals surface area contributed by atoms with E-state index in [2.05, 4.69) is 32.2 Å². The van der Waals surface area contributed by atoms with E-state index in [0.717, 1.165) is 16.7 Å². The van der Waals surface area contributed by atoms with E-state index in [9.17, 15) is 23.5 Å². The minimum Gasteiger partial charge on any atom is -0.496 e. The summed E-state index contributed by atoms with van der Waals surface area (Å²) in [6.45, 7) is 12.7. The maximum Gasteiger partial charge on any atom is 0.326 e. The summed E-state index contributed by atoms with van der Waals surface area (Å²) in [5.41, 5.74) is 2.22. The van der Waals surface area contributed by atoms with Gasteiger partial charge in [0.25, 0.3) is 0 Å². The number of methoxy groups -OCH3 is 1. The number of halogens is 2. The van der Waals surface area contributed by atoms with Crippen LogP contribution < -0.4 is 10.1 Å². The van der Waals surface area contributed by atoms with Crippen LogP contribution in [0.3, 0.4) is 0 Å². The summed E-state index contributed by atoms with van der Waals surface area (Å²) < 4.78 is 34.7. The molecule has 0 unspecified atom stereocenters. The smallest absolute Gasteiger partial charge is 0.326 e. The normalized spacial score (nSPS) is 26.2. The van der Waals surface area contributed by atoms with Gasteiger partial charge in [-0.3, -0.25) is 4.79 Å². The first kappa shape index (κ1) is 31.9. The van der Waals surface area contributed by atoms with E-state index in [-0.39, 0.29) is 18.3 Å². The van der Waals surface area contributed by atoms with E-state index in [1.807, 2.05) is 63.2 Å². The second-order valence-corrected chi connectivity index (χ2v) is 14.1. The molecule has 1 amide bonds. The van der Waals surface area contributed by atoms with Crippen LogP contribution in [0.2, 0.25) is 0 Å². The summed E-state index contributed by atoms with van der Waals surface area (Å²) >= 11 is 0. The second kappa shape index (κ2) is 11.9. The van der Waals surface area contributed by atoms with Crippen molar-refractivity contribution < 1.29 is 28.2 Å². The maximum absolute atomic E-state index is 14.5. The lowest BCUT2D eigenvalue weighted by atomic mass is 9.72. The van der Waals surface area contributed by atoms with Gasteiger partial charge in [0, 0.05) is 42.8 Å². The Bertz CT molecular complexity index is 1270. The number of carbonyl (C=O) groups excluding carboxylic acids is 1. The van der Waals surface area contributed by atoms with Crippen molar-refractivity contribution in [2.75, 3.05) is 7.11 Å². The fourth-order valence-corrected chi connectivity index (χ4v) is 6.93. The molecule has 0 spiro atoms. The number of hydrogen-bond donors (Lipinski definition) is 2. The number of rotatable bonds is 7. The standard InChI is InChI=1S/C34H46F2N2O4/c1-32(2,3)24-15-16-25(42-7)23(18-24)20-37-27-26(33(4,5)6)29(31(40)41)38(28(27)21-12-9-8-10-13-21)30(39)22-14-11-17-34(35,36)19-22/h8-10,12-13,15-16,18,22,26-29,37H,11,14,17,19-20H2,1-7H3,(H,40,41)/t22-,26+,27+,28+,29+/m1/s1. The van der Waals surface area contributed by atoms with Gasteiger partial charge in [-0.2, -0.15) is 0 Å².